The molecule has 116 valence electrons. The SMILES string of the molecule is O=C(COc1cccc2c(=O)[nH]ccc12)Nc1ccc(F)cc1. The third kappa shape index (κ3) is 3.37. The van der Waals surface area contributed by atoms with Gasteiger partial charge in [-0.3, -0.25) is 9.59 Å². The van der Waals surface area contributed by atoms with E-state index in [9.17, 15) is 14.0 Å². The van der Waals surface area contributed by atoms with E-state index in [1.807, 2.05) is 0 Å². The highest BCUT2D eigenvalue weighted by atomic mass is 19.1. The fraction of sp³-hybridized carbons (Fsp3) is 0.0588. The molecule has 1 amide bonds. The molecular weight excluding hydrogens is 299 g/mol. The molecule has 3 aromatic rings. The van der Waals surface area contributed by atoms with Gasteiger partial charge in [0.05, 0.1) is 5.39 Å². The number of anilines is 1. The summed E-state index contributed by atoms with van der Waals surface area (Å²) in [6, 6.07) is 12.2. The molecule has 0 spiro atoms. The highest BCUT2D eigenvalue weighted by Crippen LogP contribution is 2.22. The van der Waals surface area contributed by atoms with Crippen molar-refractivity contribution in [3.8, 4) is 5.75 Å². The number of pyridine rings is 1. The van der Waals surface area contributed by atoms with Crippen molar-refractivity contribution in [2.45, 2.75) is 0 Å². The zero-order chi connectivity index (χ0) is 16.2. The number of nitrogens with one attached hydrogen (secondary N) is 2. The Morgan fingerprint density at radius 1 is 1.09 bits per heavy atom. The molecule has 0 bridgehead atoms. The van der Waals surface area contributed by atoms with Gasteiger partial charge in [0, 0.05) is 17.3 Å². The number of carbonyl (C=O) groups is 1. The lowest BCUT2D eigenvalue weighted by molar-refractivity contribution is -0.118. The average molecular weight is 312 g/mol. The number of benzene rings is 2. The number of ether oxygens (including phenoxy) is 1. The maximum absolute atomic E-state index is 12.8. The average Bonchev–Trinajstić information content (AvgIpc) is 2.55. The molecule has 0 fully saturated rings. The third-order valence-electron chi connectivity index (χ3n) is 3.26. The van der Waals surface area contributed by atoms with Crippen LogP contribution in [0.5, 0.6) is 5.75 Å². The summed E-state index contributed by atoms with van der Waals surface area (Å²) in [5.74, 6) is -0.304. The molecule has 0 radical (unpaired) electrons. The van der Waals surface area contributed by atoms with Crippen LogP contribution in [0.4, 0.5) is 10.1 Å². The predicted molar refractivity (Wildman–Crippen MR) is 85.1 cm³/mol. The molecule has 3 rings (SSSR count). The Balaban J connectivity index is 1.71. The van der Waals surface area contributed by atoms with Crippen LogP contribution in [0.2, 0.25) is 0 Å². The molecule has 1 aromatic heterocycles. The summed E-state index contributed by atoms with van der Waals surface area (Å²) in [5, 5.41) is 3.72. The second kappa shape index (κ2) is 6.31. The lowest BCUT2D eigenvalue weighted by Gasteiger charge is -2.09. The molecule has 0 aliphatic carbocycles. The molecular formula is C17H13FN2O3. The van der Waals surface area contributed by atoms with Crippen LogP contribution in [0.3, 0.4) is 0 Å². The summed E-state index contributed by atoms with van der Waals surface area (Å²) >= 11 is 0. The summed E-state index contributed by atoms with van der Waals surface area (Å²) in [7, 11) is 0. The van der Waals surface area contributed by atoms with E-state index in [2.05, 4.69) is 10.3 Å². The molecule has 5 nitrogen and oxygen atoms in total. The summed E-state index contributed by atoms with van der Waals surface area (Å²) in [4.78, 5) is 26.2. The Morgan fingerprint density at radius 3 is 2.65 bits per heavy atom. The molecule has 0 saturated heterocycles. The topological polar surface area (TPSA) is 71.2 Å². The summed E-state index contributed by atoms with van der Waals surface area (Å²) in [6.07, 6.45) is 1.52. The fourth-order valence-corrected chi connectivity index (χ4v) is 2.19. The number of rotatable bonds is 4. The number of hydrogen-bond donors (Lipinski definition) is 2. The molecule has 0 aliphatic rings. The van der Waals surface area contributed by atoms with Crippen LogP contribution in [0, 0.1) is 5.82 Å². The maximum Gasteiger partial charge on any atom is 0.262 e. The molecule has 2 N–H and O–H groups in total. The van der Waals surface area contributed by atoms with E-state index >= 15 is 0 Å². The van der Waals surface area contributed by atoms with Crippen molar-refractivity contribution >= 4 is 22.4 Å². The smallest absolute Gasteiger partial charge is 0.262 e. The second-order valence-electron chi connectivity index (χ2n) is 4.87. The number of halogens is 1. The number of carbonyl (C=O) groups excluding carboxylic acids is 1. The Bertz CT molecular complexity index is 904. The molecule has 6 heteroatoms. The van der Waals surface area contributed by atoms with E-state index in [-0.39, 0.29) is 23.9 Å². The molecule has 0 atom stereocenters. The van der Waals surface area contributed by atoms with E-state index in [4.69, 9.17) is 4.74 Å². The normalized spacial score (nSPS) is 10.5. The van der Waals surface area contributed by atoms with Crippen LogP contribution in [0.25, 0.3) is 10.8 Å². The van der Waals surface area contributed by atoms with E-state index in [1.165, 1.54) is 30.5 Å². The third-order valence-corrected chi connectivity index (χ3v) is 3.26. The number of hydrogen-bond acceptors (Lipinski definition) is 3. The maximum atomic E-state index is 12.8. The first-order chi connectivity index (χ1) is 11.1. The van der Waals surface area contributed by atoms with Gasteiger partial charge in [-0.15, -0.1) is 0 Å². The van der Waals surface area contributed by atoms with Crippen LogP contribution >= 0.6 is 0 Å². The summed E-state index contributed by atoms with van der Waals surface area (Å²) in [5.41, 5.74) is 0.262. The van der Waals surface area contributed by atoms with Crippen molar-refractivity contribution in [1.82, 2.24) is 4.98 Å². The number of fused-ring (bicyclic) bond motifs is 1. The Hall–Kier alpha value is -3.15. The van der Waals surface area contributed by atoms with Crippen molar-refractivity contribution in [2.75, 3.05) is 11.9 Å². The van der Waals surface area contributed by atoms with E-state index in [0.717, 1.165) is 0 Å². The van der Waals surface area contributed by atoms with Gasteiger partial charge in [0.2, 0.25) is 0 Å². The van der Waals surface area contributed by atoms with Crippen molar-refractivity contribution in [3.05, 3.63) is 70.9 Å². The van der Waals surface area contributed by atoms with Gasteiger partial charge in [-0.25, -0.2) is 4.39 Å². The lowest BCUT2D eigenvalue weighted by atomic mass is 10.1. The van der Waals surface area contributed by atoms with E-state index < -0.39 is 0 Å². The van der Waals surface area contributed by atoms with Crippen LogP contribution in [0.15, 0.2) is 59.5 Å². The van der Waals surface area contributed by atoms with Crippen LogP contribution in [-0.4, -0.2) is 17.5 Å². The van der Waals surface area contributed by atoms with Gasteiger partial charge in [-0.05, 0) is 42.5 Å². The van der Waals surface area contributed by atoms with Crippen LogP contribution < -0.4 is 15.6 Å². The van der Waals surface area contributed by atoms with E-state index in [1.54, 1.807) is 24.3 Å². The minimum atomic E-state index is -0.376. The largest absolute Gasteiger partial charge is 0.483 e. The minimum Gasteiger partial charge on any atom is -0.483 e. The molecule has 0 unspecified atom stereocenters. The highest BCUT2D eigenvalue weighted by molar-refractivity contribution is 5.92. The number of aromatic amines is 1. The molecule has 1 heterocycles. The first-order valence-electron chi connectivity index (χ1n) is 6.92. The quantitative estimate of drug-likeness (QED) is 0.778. The molecule has 0 saturated carbocycles. The zero-order valence-corrected chi connectivity index (χ0v) is 12.0. The van der Waals surface area contributed by atoms with Gasteiger partial charge in [0.25, 0.3) is 11.5 Å². The zero-order valence-electron chi connectivity index (χ0n) is 12.0. The first-order valence-corrected chi connectivity index (χ1v) is 6.92. The molecule has 0 aliphatic heterocycles. The van der Waals surface area contributed by atoms with E-state index in [0.29, 0.717) is 22.2 Å². The lowest BCUT2D eigenvalue weighted by Crippen LogP contribution is -2.20. The predicted octanol–water partition coefficient (Wildman–Crippen LogP) is 2.68. The van der Waals surface area contributed by atoms with Crippen molar-refractivity contribution in [3.63, 3.8) is 0 Å². The Labute approximate surface area is 130 Å². The van der Waals surface area contributed by atoms with Crippen molar-refractivity contribution < 1.29 is 13.9 Å². The molecule has 23 heavy (non-hydrogen) atoms. The number of H-pyrrole nitrogens is 1. The van der Waals surface area contributed by atoms with Gasteiger partial charge < -0.3 is 15.0 Å². The van der Waals surface area contributed by atoms with Gasteiger partial charge in [0.15, 0.2) is 6.61 Å². The Kier molecular flexibility index (Phi) is 4.05. The monoisotopic (exact) mass is 312 g/mol. The summed E-state index contributed by atoms with van der Waals surface area (Å²) in [6.45, 7) is -0.219. The number of amides is 1. The van der Waals surface area contributed by atoms with Gasteiger partial charge >= 0.3 is 0 Å². The van der Waals surface area contributed by atoms with Crippen LogP contribution in [-0.2, 0) is 4.79 Å². The van der Waals surface area contributed by atoms with Gasteiger partial charge in [0.1, 0.15) is 11.6 Å². The van der Waals surface area contributed by atoms with Gasteiger partial charge in [-0.1, -0.05) is 6.07 Å². The second-order valence-corrected chi connectivity index (χ2v) is 4.87. The van der Waals surface area contributed by atoms with Crippen molar-refractivity contribution in [1.29, 1.82) is 0 Å². The Morgan fingerprint density at radius 2 is 1.87 bits per heavy atom. The van der Waals surface area contributed by atoms with Gasteiger partial charge in [-0.2, -0.15) is 0 Å². The number of aromatic nitrogens is 1. The first kappa shape index (κ1) is 14.8. The minimum absolute atomic E-state index is 0.219. The fourth-order valence-electron chi connectivity index (χ4n) is 2.19. The standard InChI is InChI=1S/C17H13FN2O3/c18-11-4-6-12(7-5-11)20-16(21)10-23-15-3-1-2-14-13(15)8-9-19-17(14)22/h1-9H,10H2,(H,19,22)(H,20,21). The van der Waals surface area contributed by atoms with Crippen LogP contribution in [0.1, 0.15) is 0 Å². The van der Waals surface area contributed by atoms with Crippen molar-refractivity contribution in [2.24, 2.45) is 0 Å². The highest BCUT2D eigenvalue weighted by Gasteiger charge is 2.08. The molecule has 2 aromatic carbocycles. The summed E-state index contributed by atoms with van der Waals surface area (Å²) < 4.78 is 18.3.